The molecule has 4 rings (SSSR count). The Morgan fingerprint density at radius 2 is 1.52 bits per heavy atom. The highest BCUT2D eigenvalue weighted by atomic mass is 16.5. The number of benzene rings is 2. The molecule has 5 heteroatoms. The predicted molar refractivity (Wildman–Crippen MR) is 105 cm³/mol. The SMILES string of the molecule is O=C([C@@H]1CNCCO1)N1CCN(C(c2ccccc2)c2ccccc2)CC1. The number of rotatable bonds is 4. The van der Waals surface area contributed by atoms with Crippen molar-refractivity contribution >= 4 is 5.91 Å². The van der Waals surface area contributed by atoms with Crippen LogP contribution in [0.5, 0.6) is 0 Å². The van der Waals surface area contributed by atoms with Crippen LogP contribution in [0.3, 0.4) is 0 Å². The average Bonchev–Trinajstić information content (AvgIpc) is 2.76. The monoisotopic (exact) mass is 365 g/mol. The van der Waals surface area contributed by atoms with E-state index in [1.54, 1.807) is 0 Å². The van der Waals surface area contributed by atoms with Gasteiger partial charge in [-0.2, -0.15) is 0 Å². The highest BCUT2D eigenvalue weighted by Gasteiger charge is 2.32. The molecule has 2 aromatic carbocycles. The van der Waals surface area contributed by atoms with Crippen LogP contribution in [0.25, 0.3) is 0 Å². The number of carbonyl (C=O) groups excluding carboxylic acids is 1. The van der Waals surface area contributed by atoms with Crippen molar-refractivity contribution < 1.29 is 9.53 Å². The maximum Gasteiger partial charge on any atom is 0.253 e. The molecule has 0 radical (unpaired) electrons. The summed E-state index contributed by atoms with van der Waals surface area (Å²) < 4.78 is 5.64. The lowest BCUT2D eigenvalue weighted by atomic mass is 9.96. The Kier molecular flexibility index (Phi) is 5.82. The zero-order valence-electron chi connectivity index (χ0n) is 15.6. The quantitative estimate of drug-likeness (QED) is 0.899. The average molecular weight is 365 g/mol. The molecule has 1 N–H and O–H groups in total. The minimum atomic E-state index is -0.329. The summed E-state index contributed by atoms with van der Waals surface area (Å²) in [5, 5.41) is 3.24. The van der Waals surface area contributed by atoms with Crippen LogP contribution >= 0.6 is 0 Å². The molecule has 0 unspecified atom stereocenters. The molecule has 1 amide bonds. The number of amides is 1. The Labute approximate surface area is 160 Å². The molecule has 2 saturated heterocycles. The molecule has 2 aliphatic rings. The standard InChI is InChI=1S/C22H27N3O2/c26-22(20-17-23-11-16-27-20)25-14-12-24(13-15-25)21(18-7-3-1-4-8-18)19-9-5-2-6-10-19/h1-10,20-21,23H,11-17H2/t20-/m0/s1. The zero-order valence-corrected chi connectivity index (χ0v) is 15.6. The van der Waals surface area contributed by atoms with E-state index < -0.39 is 0 Å². The van der Waals surface area contributed by atoms with Gasteiger partial charge in [-0.25, -0.2) is 0 Å². The molecule has 2 aromatic rings. The van der Waals surface area contributed by atoms with Gasteiger partial charge in [0.1, 0.15) is 6.10 Å². The van der Waals surface area contributed by atoms with Crippen molar-refractivity contribution in [1.29, 1.82) is 0 Å². The number of piperazine rings is 1. The van der Waals surface area contributed by atoms with Gasteiger partial charge in [0.15, 0.2) is 0 Å². The maximum atomic E-state index is 12.7. The molecule has 2 heterocycles. The molecule has 142 valence electrons. The maximum absolute atomic E-state index is 12.7. The Morgan fingerprint density at radius 1 is 0.926 bits per heavy atom. The van der Waals surface area contributed by atoms with Gasteiger partial charge in [0, 0.05) is 39.3 Å². The molecule has 2 fully saturated rings. The first-order chi connectivity index (χ1) is 13.3. The molecule has 0 bridgehead atoms. The molecule has 5 nitrogen and oxygen atoms in total. The van der Waals surface area contributed by atoms with Gasteiger partial charge in [0.05, 0.1) is 12.6 Å². The first-order valence-electron chi connectivity index (χ1n) is 9.78. The van der Waals surface area contributed by atoms with Crippen molar-refractivity contribution in [1.82, 2.24) is 15.1 Å². The van der Waals surface area contributed by atoms with E-state index in [1.807, 2.05) is 4.90 Å². The number of hydrogen-bond acceptors (Lipinski definition) is 4. The molecule has 27 heavy (non-hydrogen) atoms. The van der Waals surface area contributed by atoms with E-state index in [-0.39, 0.29) is 18.1 Å². The third-order valence-corrected chi connectivity index (χ3v) is 5.42. The van der Waals surface area contributed by atoms with Crippen molar-refractivity contribution in [3.05, 3.63) is 71.8 Å². The van der Waals surface area contributed by atoms with E-state index in [4.69, 9.17) is 4.74 Å². The number of nitrogens with zero attached hydrogens (tertiary/aromatic N) is 2. The summed E-state index contributed by atoms with van der Waals surface area (Å²) in [4.78, 5) is 17.2. The minimum Gasteiger partial charge on any atom is -0.366 e. The third kappa shape index (κ3) is 4.21. The third-order valence-electron chi connectivity index (χ3n) is 5.42. The zero-order chi connectivity index (χ0) is 18.5. The number of ether oxygens (including phenoxy) is 1. The number of carbonyl (C=O) groups is 1. The second kappa shape index (κ2) is 8.65. The molecule has 0 spiro atoms. The van der Waals surface area contributed by atoms with Crippen LogP contribution in [-0.2, 0) is 9.53 Å². The van der Waals surface area contributed by atoms with Gasteiger partial charge in [-0.1, -0.05) is 60.7 Å². The van der Waals surface area contributed by atoms with Gasteiger partial charge in [-0.15, -0.1) is 0 Å². The van der Waals surface area contributed by atoms with Crippen molar-refractivity contribution in [2.45, 2.75) is 12.1 Å². The largest absolute Gasteiger partial charge is 0.366 e. The smallest absolute Gasteiger partial charge is 0.253 e. The normalized spacial score (nSPS) is 21.4. The van der Waals surface area contributed by atoms with Crippen molar-refractivity contribution in [3.8, 4) is 0 Å². The summed E-state index contributed by atoms with van der Waals surface area (Å²) >= 11 is 0. The van der Waals surface area contributed by atoms with Gasteiger partial charge < -0.3 is 15.0 Å². The fourth-order valence-electron chi connectivity index (χ4n) is 4.01. The summed E-state index contributed by atoms with van der Waals surface area (Å²) in [6.07, 6.45) is -0.329. The van der Waals surface area contributed by atoms with E-state index >= 15 is 0 Å². The fourth-order valence-corrected chi connectivity index (χ4v) is 4.01. The molecular weight excluding hydrogens is 338 g/mol. The Bertz CT molecular complexity index is 684. The summed E-state index contributed by atoms with van der Waals surface area (Å²) in [7, 11) is 0. The van der Waals surface area contributed by atoms with Crippen molar-refractivity contribution in [2.75, 3.05) is 45.9 Å². The van der Waals surface area contributed by atoms with Crippen molar-refractivity contribution in [2.24, 2.45) is 0 Å². The summed E-state index contributed by atoms with van der Waals surface area (Å²) in [6.45, 7) is 5.27. The summed E-state index contributed by atoms with van der Waals surface area (Å²) in [5.74, 6) is 0.123. The Hall–Kier alpha value is -2.21. The van der Waals surface area contributed by atoms with Gasteiger partial charge in [-0.3, -0.25) is 9.69 Å². The van der Waals surface area contributed by atoms with Crippen LogP contribution in [0.15, 0.2) is 60.7 Å². The Morgan fingerprint density at radius 3 is 2.04 bits per heavy atom. The van der Waals surface area contributed by atoms with E-state index in [9.17, 15) is 4.79 Å². The highest BCUT2D eigenvalue weighted by Crippen LogP contribution is 2.29. The second-order valence-corrected chi connectivity index (χ2v) is 7.15. The van der Waals surface area contributed by atoms with Crippen LogP contribution in [0.2, 0.25) is 0 Å². The highest BCUT2D eigenvalue weighted by molar-refractivity contribution is 5.81. The lowest BCUT2D eigenvalue weighted by Gasteiger charge is -2.41. The summed E-state index contributed by atoms with van der Waals surface area (Å²) in [6, 6.07) is 21.5. The van der Waals surface area contributed by atoms with Crippen LogP contribution in [0.1, 0.15) is 17.2 Å². The molecule has 2 aliphatic heterocycles. The Balaban J connectivity index is 1.46. The molecule has 0 aromatic heterocycles. The first-order valence-corrected chi connectivity index (χ1v) is 9.78. The number of morpholine rings is 1. The minimum absolute atomic E-state index is 0.123. The second-order valence-electron chi connectivity index (χ2n) is 7.15. The van der Waals surface area contributed by atoms with Crippen LogP contribution in [-0.4, -0.2) is 67.7 Å². The molecule has 1 atom stereocenters. The van der Waals surface area contributed by atoms with Crippen LogP contribution in [0, 0.1) is 0 Å². The number of hydrogen-bond donors (Lipinski definition) is 1. The van der Waals surface area contributed by atoms with E-state index in [2.05, 4.69) is 70.9 Å². The van der Waals surface area contributed by atoms with Gasteiger partial charge in [-0.05, 0) is 11.1 Å². The lowest BCUT2D eigenvalue weighted by molar-refractivity contribution is -0.147. The lowest BCUT2D eigenvalue weighted by Crippen LogP contribution is -2.55. The van der Waals surface area contributed by atoms with Crippen LogP contribution < -0.4 is 5.32 Å². The fraction of sp³-hybridized carbons (Fsp3) is 0.409. The van der Waals surface area contributed by atoms with E-state index in [1.165, 1.54) is 11.1 Å². The van der Waals surface area contributed by atoms with E-state index in [0.717, 1.165) is 32.7 Å². The predicted octanol–water partition coefficient (Wildman–Crippen LogP) is 1.91. The molecular formula is C22H27N3O2. The van der Waals surface area contributed by atoms with Gasteiger partial charge >= 0.3 is 0 Å². The van der Waals surface area contributed by atoms with E-state index in [0.29, 0.717) is 13.2 Å². The van der Waals surface area contributed by atoms with Gasteiger partial charge in [0.2, 0.25) is 0 Å². The van der Waals surface area contributed by atoms with Gasteiger partial charge in [0.25, 0.3) is 5.91 Å². The van der Waals surface area contributed by atoms with Crippen molar-refractivity contribution in [3.63, 3.8) is 0 Å². The first kappa shape index (κ1) is 18.2. The molecule has 0 aliphatic carbocycles. The topological polar surface area (TPSA) is 44.8 Å². The summed E-state index contributed by atoms with van der Waals surface area (Å²) in [5.41, 5.74) is 2.59. The molecule has 0 saturated carbocycles. The number of nitrogens with one attached hydrogen (secondary N) is 1. The van der Waals surface area contributed by atoms with Crippen LogP contribution in [0.4, 0.5) is 0 Å².